The molecule has 0 aliphatic rings. The van der Waals surface area contributed by atoms with Gasteiger partial charge in [0.25, 0.3) is 5.78 Å². The summed E-state index contributed by atoms with van der Waals surface area (Å²) in [5.41, 5.74) is 1.33. The average molecular weight is 255 g/mol. The quantitative estimate of drug-likeness (QED) is 0.739. The highest BCUT2D eigenvalue weighted by atomic mass is 16.4. The Morgan fingerprint density at radius 3 is 2.68 bits per heavy atom. The number of hydrogen-bond acceptors (Lipinski definition) is 5. The molecule has 1 N–H and O–H groups in total. The Morgan fingerprint density at radius 2 is 2.00 bits per heavy atom. The number of pyridine rings is 1. The SMILES string of the molecule is Cc1nc2nc(-c3ccncc3)cc(C(=O)O)n2n1. The van der Waals surface area contributed by atoms with Gasteiger partial charge in [-0.3, -0.25) is 4.98 Å². The summed E-state index contributed by atoms with van der Waals surface area (Å²) in [6, 6.07) is 4.99. The molecule has 3 heterocycles. The Morgan fingerprint density at radius 1 is 1.26 bits per heavy atom. The van der Waals surface area contributed by atoms with Crippen LogP contribution in [0.2, 0.25) is 0 Å². The first kappa shape index (κ1) is 11.3. The van der Waals surface area contributed by atoms with Crippen LogP contribution in [0, 0.1) is 6.92 Å². The highest BCUT2D eigenvalue weighted by molar-refractivity contribution is 5.87. The molecule has 0 saturated carbocycles. The summed E-state index contributed by atoms with van der Waals surface area (Å²) in [6.07, 6.45) is 3.24. The van der Waals surface area contributed by atoms with Crippen molar-refractivity contribution in [2.45, 2.75) is 6.92 Å². The molecule has 0 radical (unpaired) electrons. The molecule has 0 spiro atoms. The van der Waals surface area contributed by atoms with Crippen molar-refractivity contribution in [3.8, 4) is 11.3 Å². The zero-order valence-electron chi connectivity index (χ0n) is 9.98. The Bertz CT molecular complexity index is 766. The van der Waals surface area contributed by atoms with Crippen LogP contribution in [0.5, 0.6) is 0 Å². The molecule has 0 unspecified atom stereocenters. The number of aromatic nitrogens is 5. The fourth-order valence-corrected chi connectivity index (χ4v) is 1.79. The first-order valence-electron chi connectivity index (χ1n) is 5.53. The number of aromatic carboxylic acids is 1. The van der Waals surface area contributed by atoms with Gasteiger partial charge in [-0.05, 0) is 25.1 Å². The molecule has 0 aromatic carbocycles. The van der Waals surface area contributed by atoms with Crippen LogP contribution in [0.15, 0.2) is 30.6 Å². The van der Waals surface area contributed by atoms with E-state index in [-0.39, 0.29) is 11.5 Å². The lowest BCUT2D eigenvalue weighted by molar-refractivity contribution is 0.0687. The minimum absolute atomic E-state index is 0.0254. The third-order valence-electron chi connectivity index (χ3n) is 2.61. The van der Waals surface area contributed by atoms with Gasteiger partial charge < -0.3 is 5.11 Å². The largest absolute Gasteiger partial charge is 0.477 e. The van der Waals surface area contributed by atoms with E-state index in [4.69, 9.17) is 0 Å². The molecule has 3 aromatic heterocycles. The van der Waals surface area contributed by atoms with Crippen molar-refractivity contribution in [1.29, 1.82) is 0 Å². The number of carboxylic acids is 1. The highest BCUT2D eigenvalue weighted by Gasteiger charge is 2.15. The van der Waals surface area contributed by atoms with Gasteiger partial charge in [0.15, 0.2) is 5.69 Å². The molecule has 0 fully saturated rings. The molecule has 0 aliphatic heterocycles. The van der Waals surface area contributed by atoms with Crippen LogP contribution in [0.4, 0.5) is 0 Å². The van der Waals surface area contributed by atoms with Crippen LogP contribution in [0.1, 0.15) is 16.3 Å². The molecule has 0 amide bonds. The Balaban J connectivity index is 2.30. The highest BCUT2D eigenvalue weighted by Crippen LogP contribution is 2.18. The van der Waals surface area contributed by atoms with E-state index in [1.54, 1.807) is 31.5 Å². The first-order valence-corrected chi connectivity index (χ1v) is 5.53. The molecule has 0 aliphatic carbocycles. The normalized spacial score (nSPS) is 10.8. The maximum atomic E-state index is 11.3. The number of nitrogens with zero attached hydrogens (tertiary/aromatic N) is 5. The van der Waals surface area contributed by atoms with Crippen molar-refractivity contribution in [3.05, 3.63) is 42.1 Å². The monoisotopic (exact) mass is 255 g/mol. The van der Waals surface area contributed by atoms with Crippen LogP contribution in [-0.4, -0.2) is 35.6 Å². The lowest BCUT2D eigenvalue weighted by Crippen LogP contribution is -2.08. The molecule has 94 valence electrons. The van der Waals surface area contributed by atoms with Gasteiger partial charge in [0.05, 0.1) is 5.69 Å². The van der Waals surface area contributed by atoms with Crippen LogP contribution in [-0.2, 0) is 0 Å². The van der Waals surface area contributed by atoms with Gasteiger partial charge in [-0.1, -0.05) is 0 Å². The summed E-state index contributed by atoms with van der Waals surface area (Å²) in [6.45, 7) is 1.69. The molecular weight excluding hydrogens is 246 g/mol. The van der Waals surface area contributed by atoms with Gasteiger partial charge in [0, 0.05) is 18.0 Å². The van der Waals surface area contributed by atoms with E-state index in [0.717, 1.165) is 5.56 Å². The van der Waals surface area contributed by atoms with Crippen molar-refractivity contribution in [2.75, 3.05) is 0 Å². The van der Waals surface area contributed by atoms with E-state index in [9.17, 15) is 9.90 Å². The van der Waals surface area contributed by atoms with E-state index >= 15 is 0 Å². The van der Waals surface area contributed by atoms with E-state index in [1.165, 1.54) is 10.6 Å². The van der Waals surface area contributed by atoms with Gasteiger partial charge in [-0.15, -0.1) is 5.10 Å². The van der Waals surface area contributed by atoms with Crippen molar-refractivity contribution in [1.82, 2.24) is 24.6 Å². The second-order valence-electron chi connectivity index (χ2n) is 3.94. The summed E-state index contributed by atoms with van der Waals surface area (Å²) in [5.74, 6) is -0.335. The summed E-state index contributed by atoms with van der Waals surface area (Å²) >= 11 is 0. The van der Waals surface area contributed by atoms with Gasteiger partial charge in [0.2, 0.25) is 0 Å². The van der Waals surface area contributed by atoms with E-state index < -0.39 is 5.97 Å². The smallest absolute Gasteiger partial charge is 0.354 e. The second kappa shape index (κ2) is 4.13. The van der Waals surface area contributed by atoms with Crippen LogP contribution in [0.3, 0.4) is 0 Å². The molecule has 19 heavy (non-hydrogen) atoms. The number of carbonyl (C=O) groups is 1. The van der Waals surface area contributed by atoms with E-state index in [0.29, 0.717) is 11.5 Å². The number of rotatable bonds is 2. The fraction of sp³-hybridized carbons (Fsp3) is 0.0833. The molecular formula is C12H9N5O2. The molecule has 3 aromatic rings. The first-order chi connectivity index (χ1) is 9.15. The predicted molar refractivity (Wildman–Crippen MR) is 65.7 cm³/mol. The van der Waals surface area contributed by atoms with Crippen LogP contribution >= 0.6 is 0 Å². The van der Waals surface area contributed by atoms with Crippen molar-refractivity contribution < 1.29 is 9.90 Å². The van der Waals surface area contributed by atoms with Gasteiger partial charge in [0.1, 0.15) is 5.82 Å². The third-order valence-corrected chi connectivity index (χ3v) is 2.61. The molecule has 7 heteroatoms. The lowest BCUT2D eigenvalue weighted by Gasteiger charge is -2.03. The molecule has 0 atom stereocenters. The van der Waals surface area contributed by atoms with Gasteiger partial charge >= 0.3 is 5.97 Å². The van der Waals surface area contributed by atoms with Crippen LogP contribution in [0.25, 0.3) is 17.0 Å². The zero-order valence-corrected chi connectivity index (χ0v) is 9.98. The topological polar surface area (TPSA) is 93.3 Å². The Hall–Kier alpha value is -2.83. The molecule has 0 saturated heterocycles. The zero-order chi connectivity index (χ0) is 13.4. The van der Waals surface area contributed by atoms with Crippen molar-refractivity contribution >= 4 is 11.7 Å². The fourth-order valence-electron chi connectivity index (χ4n) is 1.79. The minimum atomic E-state index is -1.08. The van der Waals surface area contributed by atoms with Crippen molar-refractivity contribution in [2.24, 2.45) is 0 Å². The van der Waals surface area contributed by atoms with E-state index in [1.807, 2.05) is 0 Å². The number of aryl methyl sites for hydroxylation is 1. The molecule has 7 nitrogen and oxygen atoms in total. The van der Waals surface area contributed by atoms with Crippen molar-refractivity contribution in [3.63, 3.8) is 0 Å². The minimum Gasteiger partial charge on any atom is -0.477 e. The second-order valence-corrected chi connectivity index (χ2v) is 3.94. The Kier molecular flexibility index (Phi) is 2.45. The maximum absolute atomic E-state index is 11.3. The van der Waals surface area contributed by atoms with E-state index in [2.05, 4.69) is 20.1 Å². The Labute approximate surface area is 107 Å². The van der Waals surface area contributed by atoms with Crippen LogP contribution < -0.4 is 0 Å². The average Bonchev–Trinajstić information content (AvgIpc) is 2.78. The van der Waals surface area contributed by atoms with Gasteiger partial charge in [-0.25, -0.2) is 9.78 Å². The summed E-state index contributed by atoms with van der Waals surface area (Å²) in [4.78, 5) is 23.6. The summed E-state index contributed by atoms with van der Waals surface area (Å²) in [5, 5.41) is 13.3. The number of carboxylic acid groups (broad SMARTS) is 1. The predicted octanol–water partition coefficient (Wildman–Crippen LogP) is 1.19. The molecule has 0 bridgehead atoms. The standard InChI is InChI=1S/C12H9N5O2/c1-7-14-12-15-9(8-2-4-13-5-3-8)6-10(11(18)19)17(12)16-7/h2-6H,1H3,(H,18,19). The maximum Gasteiger partial charge on any atom is 0.354 e. The third kappa shape index (κ3) is 1.90. The molecule has 3 rings (SSSR count). The summed E-state index contributed by atoms with van der Waals surface area (Å²) < 4.78 is 1.22. The number of fused-ring (bicyclic) bond motifs is 1. The number of hydrogen-bond donors (Lipinski definition) is 1. The summed E-state index contributed by atoms with van der Waals surface area (Å²) in [7, 11) is 0. The van der Waals surface area contributed by atoms with Gasteiger partial charge in [-0.2, -0.15) is 9.50 Å². The lowest BCUT2D eigenvalue weighted by atomic mass is 10.2.